The Morgan fingerprint density at radius 3 is 2.80 bits per heavy atom. The number of cyclic esters (lactones) is 1. The van der Waals surface area contributed by atoms with E-state index >= 15 is 0 Å². The summed E-state index contributed by atoms with van der Waals surface area (Å²) in [5.74, 6) is -0.405. The van der Waals surface area contributed by atoms with Crippen LogP contribution in [0.1, 0.15) is 19.8 Å². The molecule has 4 atom stereocenters. The highest BCUT2D eigenvalue weighted by molar-refractivity contribution is 5.91. The average molecular weight is 208 g/mol. The van der Waals surface area contributed by atoms with E-state index in [1.54, 1.807) is 0 Å². The van der Waals surface area contributed by atoms with Crippen molar-refractivity contribution in [1.82, 2.24) is 0 Å². The minimum atomic E-state index is -0.997. The van der Waals surface area contributed by atoms with E-state index in [4.69, 9.17) is 9.47 Å². The Balaban J connectivity index is 1.96. The molecule has 4 heteroatoms. The van der Waals surface area contributed by atoms with Crippen molar-refractivity contribution in [3.63, 3.8) is 0 Å². The maximum atomic E-state index is 11.8. The van der Waals surface area contributed by atoms with Crippen LogP contribution in [0, 0.1) is 11.8 Å². The Labute approximate surface area is 87.2 Å². The van der Waals surface area contributed by atoms with Gasteiger partial charge in [-0.3, -0.25) is 0 Å². The number of rotatable bonds is 0. The van der Waals surface area contributed by atoms with Crippen LogP contribution in [0.3, 0.4) is 0 Å². The van der Waals surface area contributed by atoms with Crippen LogP contribution in [-0.2, 0) is 19.1 Å². The van der Waals surface area contributed by atoms with Crippen molar-refractivity contribution in [2.75, 3.05) is 0 Å². The Hall–Kier alpha value is -1.32. The lowest BCUT2D eigenvalue weighted by Gasteiger charge is -2.37. The van der Waals surface area contributed by atoms with Gasteiger partial charge in [-0.15, -0.1) is 0 Å². The van der Waals surface area contributed by atoms with Gasteiger partial charge < -0.3 is 9.47 Å². The van der Waals surface area contributed by atoms with Crippen LogP contribution in [0.25, 0.3) is 0 Å². The molecule has 1 heterocycles. The highest BCUT2D eigenvalue weighted by Crippen LogP contribution is 2.50. The highest BCUT2D eigenvalue weighted by Gasteiger charge is 2.60. The third-order valence-corrected chi connectivity index (χ3v) is 3.58. The predicted molar refractivity (Wildman–Crippen MR) is 49.7 cm³/mol. The van der Waals surface area contributed by atoms with E-state index in [2.05, 4.69) is 6.08 Å². The second-order valence-corrected chi connectivity index (χ2v) is 4.55. The molecule has 0 amide bonds. The van der Waals surface area contributed by atoms with E-state index in [1.165, 1.54) is 6.92 Å². The Morgan fingerprint density at radius 1 is 1.40 bits per heavy atom. The molecule has 0 aromatic carbocycles. The van der Waals surface area contributed by atoms with Gasteiger partial charge in [-0.1, -0.05) is 12.2 Å². The number of allylic oxidation sites excluding steroid dienone is 1. The second-order valence-electron chi connectivity index (χ2n) is 4.55. The summed E-state index contributed by atoms with van der Waals surface area (Å²) in [6, 6.07) is 0. The number of ether oxygens (including phenoxy) is 2. The summed E-state index contributed by atoms with van der Waals surface area (Å²) in [5, 5.41) is 0. The fourth-order valence-corrected chi connectivity index (χ4v) is 2.78. The van der Waals surface area contributed by atoms with E-state index in [-0.39, 0.29) is 11.9 Å². The number of fused-ring (bicyclic) bond motifs is 3. The van der Waals surface area contributed by atoms with E-state index in [9.17, 15) is 9.59 Å². The van der Waals surface area contributed by atoms with Gasteiger partial charge in [0.1, 0.15) is 0 Å². The van der Waals surface area contributed by atoms with Gasteiger partial charge in [-0.2, -0.15) is 0 Å². The number of carbonyl (C=O) groups is 2. The summed E-state index contributed by atoms with van der Waals surface area (Å²) in [7, 11) is 0. The second kappa shape index (κ2) is 2.62. The lowest BCUT2D eigenvalue weighted by Crippen LogP contribution is -2.55. The first-order valence-electron chi connectivity index (χ1n) is 5.24. The smallest absolute Gasteiger partial charge is 0.352 e. The fourth-order valence-electron chi connectivity index (χ4n) is 2.78. The zero-order valence-electron chi connectivity index (χ0n) is 8.43. The third kappa shape index (κ3) is 1.02. The largest absolute Gasteiger partial charge is 0.448 e. The molecular formula is C11H12O4. The quantitative estimate of drug-likeness (QED) is 0.436. The molecule has 80 valence electrons. The Morgan fingerprint density at radius 2 is 2.20 bits per heavy atom. The number of carbonyl (C=O) groups excluding carboxylic acids is 2. The third-order valence-electron chi connectivity index (χ3n) is 3.58. The molecule has 0 aromatic rings. The number of esters is 2. The van der Waals surface area contributed by atoms with Crippen LogP contribution >= 0.6 is 0 Å². The van der Waals surface area contributed by atoms with Crippen LogP contribution < -0.4 is 0 Å². The minimum Gasteiger partial charge on any atom is -0.448 e. The van der Waals surface area contributed by atoms with Crippen molar-refractivity contribution >= 4 is 11.9 Å². The highest BCUT2D eigenvalue weighted by atomic mass is 16.7. The van der Waals surface area contributed by atoms with Gasteiger partial charge in [-0.05, 0) is 19.3 Å². The zero-order chi connectivity index (χ0) is 10.6. The first-order chi connectivity index (χ1) is 7.12. The summed E-state index contributed by atoms with van der Waals surface area (Å²) in [5.41, 5.74) is -0.997. The number of hydrogen-bond donors (Lipinski definition) is 0. The Bertz CT molecular complexity index is 373. The molecule has 3 rings (SSSR count). The van der Waals surface area contributed by atoms with Crippen LogP contribution in [0.15, 0.2) is 12.2 Å². The van der Waals surface area contributed by atoms with Crippen molar-refractivity contribution in [3.8, 4) is 0 Å². The summed E-state index contributed by atoms with van der Waals surface area (Å²) < 4.78 is 10.4. The van der Waals surface area contributed by atoms with Crippen molar-refractivity contribution < 1.29 is 19.1 Å². The van der Waals surface area contributed by atoms with Crippen LogP contribution in [-0.4, -0.2) is 23.6 Å². The predicted octanol–water partition coefficient (Wildman–Crippen LogP) is 0.810. The van der Waals surface area contributed by atoms with Gasteiger partial charge in [0.25, 0.3) is 0 Å². The Kier molecular flexibility index (Phi) is 1.56. The van der Waals surface area contributed by atoms with Crippen molar-refractivity contribution in [2.24, 2.45) is 11.8 Å². The maximum absolute atomic E-state index is 11.8. The monoisotopic (exact) mass is 208 g/mol. The first kappa shape index (κ1) is 8.95. The van der Waals surface area contributed by atoms with Crippen molar-refractivity contribution in [1.29, 1.82) is 0 Å². The van der Waals surface area contributed by atoms with E-state index < -0.39 is 17.7 Å². The molecule has 0 N–H and O–H groups in total. The van der Waals surface area contributed by atoms with Gasteiger partial charge in [0.15, 0.2) is 6.10 Å². The summed E-state index contributed by atoms with van der Waals surface area (Å²) in [6.45, 7) is 1.54. The molecule has 1 saturated heterocycles. The van der Waals surface area contributed by atoms with E-state index in [0.717, 1.165) is 6.42 Å². The maximum Gasteiger partial charge on any atom is 0.352 e. The molecule has 0 aromatic heterocycles. The lowest BCUT2D eigenvalue weighted by atomic mass is 9.87. The van der Waals surface area contributed by atoms with Gasteiger partial charge in [0.05, 0.1) is 0 Å². The van der Waals surface area contributed by atoms with Gasteiger partial charge in [0, 0.05) is 12.3 Å². The average Bonchev–Trinajstić information content (AvgIpc) is 2.75. The zero-order valence-corrected chi connectivity index (χ0v) is 8.43. The summed E-state index contributed by atoms with van der Waals surface area (Å²) >= 11 is 0. The van der Waals surface area contributed by atoms with Crippen LogP contribution in [0.2, 0.25) is 0 Å². The summed E-state index contributed by atoms with van der Waals surface area (Å²) in [6.07, 6.45) is 4.79. The van der Waals surface area contributed by atoms with Crippen LogP contribution in [0.4, 0.5) is 0 Å². The van der Waals surface area contributed by atoms with Crippen LogP contribution in [0.5, 0.6) is 0 Å². The normalized spacial score (nSPS) is 47.1. The molecule has 1 aliphatic heterocycles. The fraction of sp³-hybridized carbons (Fsp3) is 0.636. The molecule has 0 radical (unpaired) electrons. The molecule has 2 fully saturated rings. The number of hydrogen-bond acceptors (Lipinski definition) is 4. The van der Waals surface area contributed by atoms with Crippen molar-refractivity contribution in [2.45, 2.75) is 31.5 Å². The van der Waals surface area contributed by atoms with Gasteiger partial charge in [0.2, 0.25) is 5.60 Å². The van der Waals surface area contributed by atoms with E-state index in [0.29, 0.717) is 12.3 Å². The van der Waals surface area contributed by atoms with Crippen molar-refractivity contribution in [3.05, 3.63) is 12.2 Å². The standard InChI is InChI=1S/C11H12O4/c1-6-9(12)15-11(10(13)14-6)5-7-2-3-8(11)4-7/h2-3,6-8H,4-5H2,1H3/t6-,7+,8-,11+/m0/s1. The SMILES string of the molecule is C[C@@H]1OC(=O)[C@]2(C[C@@H]3C=C[C@H]2C3)OC1=O. The molecule has 0 unspecified atom stereocenters. The molecule has 15 heavy (non-hydrogen) atoms. The van der Waals surface area contributed by atoms with Gasteiger partial charge >= 0.3 is 11.9 Å². The molecule has 4 nitrogen and oxygen atoms in total. The molecule has 1 spiro atoms. The minimum absolute atomic E-state index is 0.0199. The topological polar surface area (TPSA) is 52.6 Å². The molecule has 2 aliphatic carbocycles. The molecule has 3 aliphatic rings. The first-order valence-corrected chi connectivity index (χ1v) is 5.24. The summed E-state index contributed by atoms with van der Waals surface area (Å²) in [4.78, 5) is 23.3. The van der Waals surface area contributed by atoms with E-state index in [1.807, 2.05) is 6.08 Å². The molecule has 2 bridgehead atoms. The van der Waals surface area contributed by atoms with Gasteiger partial charge in [-0.25, -0.2) is 9.59 Å². The molecular weight excluding hydrogens is 196 g/mol. The molecule has 1 saturated carbocycles. The lowest BCUT2D eigenvalue weighted by molar-refractivity contribution is -0.213.